The third-order valence-electron chi connectivity index (χ3n) is 4.27. The van der Waals surface area contributed by atoms with E-state index in [0.29, 0.717) is 35.3 Å². The van der Waals surface area contributed by atoms with Gasteiger partial charge in [-0.05, 0) is 48.9 Å². The van der Waals surface area contributed by atoms with Crippen LogP contribution in [0.4, 0.5) is 21.5 Å². The first-order chi connectivity index (χ1) is 12.6. The highest BCUT2D eigenvalue weighted by molar-refractivity contribution is 6.31. The number of amides is 1. The molecule has 0 aromatic heterocycles. The van der Waals surface area contributed by atoms with E-state index in [1.165, 1.54) is 19.2 Å². The molecule has 2 aromatic carbocycles. The van der Waals surface area contributed by atoms with Gasteiger partial charge in [0, 0.05) is 30.3 Å². The molecular weight excluding hydrogens is 359 g/mol. The Kier molecular flexibility index (Phi) is 6.08. The molecule has 138 valence electrons. The zero-order chi connectivity index (χ0) is 18.5. The van der Waals surface area contributed by atoms with E-state index in [0.717, 1.165) is 6.42 Å². The quantitative estimate of drug-likeness (QED) is 0.790. The van der Waals surface area contributed by atoms with Gasteiger partial charge in [0.1, 0.15) is 11.9 Å². The van der Waals surface area contributed by atoms with Gasteiger partial charge >= 0.3 is 0 Å². The zero-order valence-electron chi connectivity index (χ0n) is 14.3. The number of ether oxygens (including phenoxy) is 2. The second kappa shape index (κ2) is 8.49. The standard InChI is InChI=1S/C19H20ClFN2O3/c1-25-18(12-8-9-26-11-12)19(24)23-16-7-2-13(20)10-17(16)22-15-5-3-14(21)4-6-15/h2-7,10,12,18,22H,8-9,11H2,1H3,(H,23,24). The summed E-state index contributed by atoms with van der Waals surface area (Å²) in [5.41, 5.74) is 1.84. The predicted octanol–water partition coefficient (Wildman–Crippen LogP) is 4.21. The van der Waals surface area contributed by atoms with Crippen LogP contribution in [0.15, 0.2) is 42.5 Å². The molecule has 1 saturated heterocycles. The molecule has 0 saturated carbocycles. The first kappa shape index (κ1) is 18.6. The average Bonchev–Trinajstić information content (AvgIpc) is 3.14. The summed E-state index contributed by atoms with van der Waals surface area (Å²) in [7, 11) is 1.52. The predicted molar refractivity (Wildman–Crippen MR) is 99.5 cm³/mol. The Bertz CT molecular complexity index is 764. The molecule has 0 spiro atoms. The van der Waals surface area contributed by atoms with Gasteiger partial charge in [-0.2, -0.15) is 0 Å². The molecular formula is C19H20ClFN2O3. The molecule has 3 rings (SSSR count). The van der Waals surface area contributed by atoms with Crippen LogP contribution in [0.25, 0.3) is 0 Å². The van der Waals surface area contributed by atoms with E-state index in [9.17, 15) is 9.18 Å². The van der Waals surface area contributed by atoms with Crippen molar-refractivity contribution < 1.29 is 18.7 Å². The van der Waals surface area contributed by atoms with Crippen molar-refractivity contribution in [2.45, 2.75) is 12.5 Å². The van der Waals surface area contributed by atoms with E-state index in [1.54, 1.807) is 30.3 Å². The minimum Gasteiger partial charge on any atom is -0.381 e. The number of rotatable bonds is 6. The van der Waals surface area contributed by atoms with E-state index in [4.69, 9.17) is 21.1 Å². The molecule has 2 N–H and O–H groups in total. The highest BCUT2D eigenvalue weighted by Gasteiger charge is 2.31. The Balaban J connectivity index is 1.78. The Morgan fingerprint density at radius 1 is 1.27 bits per heavy atom. The van der Waals surface area contributed by atoms with E-state index in [-0.39, 0.29) is 17.6 Å². The van der Waals surface area contributed by atoms with Gasteiger partial charge in [0.2, 0.25) is 0 Å². The van der Waals surface area contributed by atoms with Crippen LogP contribution in [-0.2, 0) is 14.3 Å². The molecule has 2 atom stereocenters. The molecule has 1 heterocycles. The summed E-state index contributed by atoms with van der Waals surface area (Å²) in [6.07, 6.45) is 0.194. The monoisotopic (exact) mass is 378 g/mol. The summed E-state index contributed by atoms with van der Waals surface area (Å²) >= 11 is 6.08. The Morgan fingerprint density at radius 3 is 2.69 bits per heavy atom. The van der Waals surface area contributed by atoms with Crippen molar-refractivity contribution in [3.8, 4) is 0 Å². The lowest BCUT2D eigenvalue weighted by atomic mass is 10.0. The van der Waals surface area contributed by atoms with Crippen LogP contribution in [-0.4, -0.2) is 32.3 Å². The molecule has 26 heavy (non-hydrogen) atoms. The Morgan fingerprint density at radius 2 is 2.04 bits per heavy atom. The summed E-state index contributed by atoms with van der Waals surface area (Å²) in [6, 6.07) is 11.0. The molecule has 1 amide bonds. The highest BCUT2D eigenvalue weighted by atomic mass is 35.5. The van der Waals surface area contributed by atoms with Crippen LogP contribution in [0.3, 0.4) is 0 Å². The fourth-order valence-corrected chi connectivity index (χ4v) is 3.10. The second-order valence-electron chi connectivity index (χ2n) is 6.09. The number of carbonyl (C=O) groups is 1. The lowest BCUT2D eigenvalue weighted by Gasteiger charge is -2.21. The summed E-state index contributed by atoms with van der Waals surface area (Å²) in [4.78, 5) is 12.7. The van der Waals surface area contributed by atoms with Crippen LogP contribution in [0.2, 0.25) is 5.02 Å². The number of anilines is 3. The fraction of sp³-hybridized carbons (Fsp3) is 0.316. The van der Waals surface area contributed by atoms with Crippen LogP contribution in [0.1, 0.15) is 6.42 Å². The largest absolute Gasteiger partial charge is 0.381 e. The Hall–Kier alpha value is -2.15. The zero-order valence-corrected chi connectivity index (χ0v) is 15.1. The van der Waals surface area contributed by atoms with E-state index in [2.05, 4.69) is 10.6 Å². The third kappa shape index (κ3) is 4.52. The van der Waals surface area contributed by atoms with Crippen LogP contribution < -0.4 is 10.6 Å². The molecule has 2 unspecified atom stereocenters. The van der Waals surface area contributed by atoms with Gasteiger partial charge in [-0.25, -0.2) is 4.39 Å². The number of benzene rings is 2. The molecule has 7 heteroatoms. The summed E-state index contributed by atoms with van der Waals surface area (Å²) in [5.74, 6) is -0.537. The first-order valence-electron chi connectivity index (χ1n) is 8.30. The van der Waals surface area contributed by atoms with Gasteiger partial charge in [-0.3, -0.25) is 4.79 Å². The number of hydrogen-bond donors (Lipinski definition) is 2. The maximum Gasteiger partial charge on any atom is 0.253 e. The second-order valence-corrected chi connectivity index (χ2v) is 6.53. The fourth-order valence-electron chi connectivity index (χ4n) is 2.93. The van der Waals surface area contributed by atoms with Gasteiger partial charge in [0.25, 0.3) is 5.91 Å². The van der Waals surface area contributed by atoms with Crippen molar-refractivity contribution in [3.63, 3.8) is 0 Å². The van der Waals surface area contributed by atoms with E-state index >= 15 is 0 Å². The molecule has 0 bridgehead atoms. The summed E-state index contributed by atoms with van der Waals surface area (Å²) in [5, 5.41) is 6.54. The van der Waals surface area contributed by atoms with Crippen molar-refractivity contribution in [2.24, 2.45) is 5.92 Å². The lowest BCUT2D eigenvalue weighted by molar-refractivity contribution is -0.128. The van der Waals surface area contributed by atoms with E-state index in [1.807, 2.05) is 0 Å². The number of carbonyl (C=O) groups excluding carboxylic acids is 1. The summed E-state index contributed by atoms with van der Waals surface area (Å²) < 4.78 is 23.8. The maximum atomic E-state index is 13.1. The minimum absolute atomic E-state index is 0.0285. The number of nitrogens with one attached hydrogen (secondary N) is 2. The Labute approximate surface area is 156 Å². The molecule has 1 fully saturated rings. The number of halogens is 2. The molecule has 1 aliphatic rings. The third-order valence-corrected chi connectivity index (χ3v) is 4.50. The van der Waals surface area contributed by atoms with Gasteiger partial charge in [-0.1, -0.05) is 11.6 Å². The van der Waals surface area contributed by atoms with Crippen molar-refractivity contribution in [1.29, 1.82) is 0 Å². The molecule has 0 aliphatic carbocycles. The van der Waals surface area contributed by atoms with Crippen LogP contribution in [0.5, 0.6) is 0 Å². The van der Waals surface area contributed by atoms with Crippen LogP contribution >= 0.6 is 11.6 Å². The molecule has 0 radical (unpaired) electrons. The molecule has 1 aliphatic heterocycles. The van der Waals surface area contributed by atoms with Crippen molar-refractivity contribution in [1.82, 2.24) is 0 Å². The van der Waals surface area contributed by atoms with Crippen molar-refractivity contribution in [3.05, 3.63) is 53.3 Å². The van der Waals surface area contributed by atoms with Gasteiger partial charge in [0.05, 0.1) is 18.0 Å². The van der Waals surface area contributed by atoms with Gasteiger partial charge in [-0.15, -0.1) is 0 Å². The van der Waals surface area contributed by atoms with Crippen molar-refractivity contribution in [2.75, 3.05) is 31.0 Å². The molecule has 2 aromatic rings. The first-order valence-corrected chi connectivity index (χ1v) is 8.68. The average molecular weight is 379 g/mol. The van der Waals surface area contributed by atoms with Gasteiger partial charge < -0.3 is 20.1 Å². The van der Waals surface area contributed by atoms with Crippen molar-refractivity contribution >= 4 is 34.6 Å². The van der Waals surface area contributed by atoms with E-state index < -0.39 is 6.10 Å². The smallest absolute Gasteiger partial charge is 0.253 e. The minimum atomic E-state index is -0.591. The summed E-state index contributed by atoms with van der Waals surface area (Å²) in [6.45, 7) is 1.14. The SMILES string of the molecule is COC(C(=O)Nc1ccc(Cl)cc1Nc1ccc(F)cc1)C1CCOC1. The maximum absolute atomic E-state index is 13.1. The number of methoxy groups -OCH3 is 1. The highest BCUT2D eigenvalue weighted by Crippen LogP contribution is 2.30. The molecule has 5 nitrogen and oxygen atoms in total. The normalized spacial score (nSPS) is 17.7. The topological polar surface area (TPSA) is 59.6 Å². The van der Waals surface area contributed by atoms with Crippen LogP contribution in [0, 0.1) is 11.7 Å². The van der Waals surface area contributed by atoms with Gasteiger partial charge in [0.15, 0.2) is 0 Å². The lowest BCUT2D eigenvalue weighted by Crippen LogP contribution is -2.36. The number of hydrogen-bond acceptors (Lipinski definition) is 4.